The topological polar surface area (TPSA) is 78.1 Å². The molecule has 41 heavy (non-hydrogen) atoms. The molecule has 5 heterocycles. The first-order valence-corrected chi connectivity index (χ1v) is 14.5. The molecule has 208 valence electrons. The smallest absolute Gasteiger partial charge is 0.246 e. The van der Waals surface area contributed by atoms with Crippen LogP contribution in [0.1, 0.15) is 34.8 Å². The van der Waals surface area contributed by atoms with E-state index in [0.717, 1.165) is 64.4 Å². The fourth-order valence-corrected chi connectivity index (χ4v) is 7.30. The number of nitrogens with one attached hydrogen (secondary N) is 1. The van der Waals surface area contributed by atoms with Crippen LogP contribution in [0.3, 0.4) is 0 Å². The minimum atomic E-state index is -0.573. The number of aromatic amines is 1. The van der Waals surface area contributed by atoms with Crippen LogP contribution in [0.4, 0.5) is 0 Å². The summed E-state index contributed by atoms with van der Waals surface area (Å²) in [5.41, 5.74) is 5.04. The van der Waals surface area contributed by atoms with Gasteiger partial charge in [-0.1, -0.05) is 54.1 Å². The Morgan fingerprint density at radius 3 is 2.71 bits per heavy atom. The summed E-state index contributed by atoms with van der Waals surface area (Å²) >= 11 is 6.42. The lowest BCUT2D eigenvalue weighted by atomic mass is 9.85. The minimum Gasteiger partial charge on any atom is -0.454 e. The zero-order valence-electron chi connectivity index (χ0n) is 22.4. The second kappa shape index (κ2) is 9.53. The van der Waals surface area contributed by atoms with E-state index < -0.39 is 12.1 Å². The molecule has 0 aliphatic carbocycles. The van der Waals surface area contributed by atoms with Gasteiger partial charge in [0.25, 0.3) is 0 Å². The predicted molar refractivity (Wildman–Crippen MR) is 154 cm³/mol. The molecule has 4 aliphatic heterocycles. The van der Waals surface area contributed by atoms with Gasteiger partial charge in [0.05, 0.1) is 6.04 Å². The number of benzene rings is 3. The summed E-state index contributed by atoms with van der Waals surface area (Å²) in [6.07, 6.45) is 1.32. The first-order valence-electron chi connectivity index (χ1n) is 14.1. The number of H-pyrrole nitrogens is 1. The van der Waals surface area contributed by atoms with Crippen molar-refractivity contribution in [3.63, 3.8) is 0 Å². The quantitative estimate of drug-likeness (QED) is 0.392. The van der Waals surface area contributed by atoms with E-state index in [0.29, 0.717) is 17.9 Å². The van der Waals surface area contributed by atoms with E-state index in [9.17, 15) is 9.59 Å². The van der Waals surface area contributed by atoms with Gasteiger partial charge in [-0.25, -0.2) is 0 Å². The van der Waals surface area contributed by atoms with Gasteiger partial charge < -0.3 is 24.3 Å². The highest BCUT2D eigenvalue weighted by Crippen LogP contribution is 2.45. The normalized spacial score (nSPS) is 23.8. The number of halogens is 1. The molecule has 8 rings (SSSR count). The number of piperazine rings is 1. The summed E-state index contributed by atoms with van der Waals surface area (Å²) in [6, 6.07) is 20.8. The second-order valence-corrected chi connectivity index (χ2v) is 11.7. The average Bonchev–Trinajstić information content (AvgIpc) is 3.73. The summed E-state index contributed by atoms with van der Waals surface area (Å²) < 4.78 is 11.2. The number of likely N-dealkylation sites (tertiary alicyclic amines) is 1. The van der Waals surface area contributed by atoms with Crippen LogP contribution < -0.4 is 9.47 Å². The van der Waals surface area contributed by atoms with E-state index in [1.807, 2.05) is 70.5 Å². The van der Waals surface area contributed by atoms with Gasteiger partial charge in [-0.15, -0.1) is 0 Å². The molecule has 0 unspecified atom stereocenters. The Labute approximate surface area is 242 Å². The number of rotatable bonds is 4. The summed E-state index contributed by atoms with van der Waals surface area (Å²) in [5, 5.41) is 1.85. The number of amides is 2. The predicted octanol–water partition coefficient (Wildman–Crippen LogP) is 4.51. The highest BCUT2D eigenvalue weighted by molar-refractivity contribution is 6.31. The molecule has 3 aromatic carbocycles. The van der Waals surface area contributed by atoms with E-state index in [1.54, 1.807) is 0 Å². The van der Waals surface area contributed by atoms with Crippen molar-refractivity contribution < 1.29 is 19.1 Å². The molecule has 0 radical (unpaired) electrons. The molecule has 0 spiro atoms. The third kappa shape index (κ3) is 4.00. The van der Waals surface area contributed by atoms with Crippen molar-refractivity contribution in [1.29, 1.82) is 0 Å². The zero-order valence-corrected chi connectivity index (χ0v) is 23.1. The average molecular weight is 569 g/mol. The van der Waals surface area contributed by atoms with E-state index in [4.69, 9.17) is 21.1 Å². The van der Waals surface area contributed by atoms with Gasteiger partial charge in [0.15, 0.2) is 11.5 Å². The monoisotopic (exact) mass is 568 g/mol. The number of nitrogens with zero attached hydrogens (tertiary/aromatic N) is 3. The number of ether oxygens (including phenoxy) is 2. The molecule has 2 fully saturated rings. The van der Waals surface area contributed by atoms with Crippen LogP contribution in [-0.2, 0) is 22.6 Å². The van der Waals surface area contributed by atoms with E-state index in [2.05, 4.69) is 16.0 Å². The number of fused-ring (bicyclic) bond motifs is 5. The highest BCUT2D eigenvalue weighted by Gasteiger charge is 2.50. The maximum atomic E-state index is 14.3. The van der Waals surface area contributed by atoms with Gasteiger partial charge in [-0.05, 0) is 47.4 Å². The van der Waals surface area contributed by atoms with Crippen LogP contribution in [0, 0.1) is 0 Å². The number of aromatic nitrogens is 1. The summed E-state index contributed by atoms with van der Waals surface area (Å²) in [5.74, 6) is 1.33. The Balaban J connectivity index is 1.13. The molecular weight excluding hydrogens is 540 g/mol. The van der Waals surface area contributed by atoms with Gasteiger partial charge in [-0.2, -0.15) is 0 Å². The Morgan fingerprint density at radius 1 is 0.976 bits per heavy atom. The number of carbonyl (C=O) groups is 2. The number of carbonyl (C=O) groups excluding carboxylic acids is 2. The van der Waals surface area contributed by atoms with Crippen molar-refractivity contribution in [3.05, 3.63) is 94.1 Å². The fourth-order valence-electron chi connectivity index (χ4n) is 7.10. The van der Waals surface area contributed by atoms with Gasteiger partial charge in [-0.3, -0.25) is 14.5 Å². The van der Waals surface area contributed by atoms with Gasteiger partial charge in [0.2, 0.25) is 18.6 Å². The molecule has 0 bridgehead atoms. The van der Waals surface area contributed by atoms with Crippen LogP contribution in [0.2, 0.25) is 5.02 Å². The van der Waals surface area contributed by atoms with Crippen molar-refractivity contribution in [1.82, 2.24) is 19.7 Å². The first-order chi connectivity index (χ1) is 20.0. The van der Waals surface area contributed by atoms with E-state index >= 15 is 0 Å². The van der Waals surface area contributed by atoms with Crippen molar-refractivity contribution in [2.75, 3.05) is 26.4 Å². The van der Waals surface area contributed by atoms with Crippen molar-refractivity contribution in [3.8, 4) is 11.5 Å². The van der Waals surface area contributed by atoms with Crippen LogP contribution in [0.25, 0.3) is 10.9 Å². The molecule has 4 aliphatic rings. The van der Waals surface area contributed by atoms with Crippen LogP contribution in [-0.4, -0.2) is 70.0 Å². The lowest BCUT2D eigenvalue weighted by Crippen LogP contribution is -2.65. The third-order valence-electron chi connectivity index (χ3n) is 9.05. The molecule has 3 atom stereocenters. The molecule has 1 aromatic heterocycles. The molecule has 1 N–H and O–H groups in total. The van der Waals surface area contributed by atoms with E-state index in [1.165, 1.54) is 0 Å². The molecule has 9 heteroatoms. The van der Waals surface area contributed by atoms with Gasteiger partial charge >= 0.3 is 0 Å². The standard InChI is InChI=1S/C32H29ClN4O4/c33-24-7-3-1-5-20(24)15-35-12-11-21(16-35)36-17-29(38)37-26(32(36)39)14-23-22-6-2-4-8-25(22)34-30(23)31(37)19-9-10-27-28(13-19)41-18-40-27/h1-10,13,21,26,31,34H,11-12,14-18H2/t21-,26+,31+/m0/s1. The third-order valence-corrected chi connectivity index (χ3v) is 9.41. The molecule has 8 nitrogen and oxygen atoms in total. The minimum absolute atomic E-state index is 0.00977. The van der Waals surface area contributed by atoms with Crippen LogP contribution >= 0.6 is 11.6 Å². The van der Waals surface area contributed by atoms with Crippen LogP contribution in [0.5, 0.6) is 11.5 Å². The maximum absolute atomic E-state index is 14.3. The summed E-state index contributed by atoms with van der Waals surface area (Å²) in [6.45, 7) is 2.56. The fraction of sp³-hybridized carbons (Fsp3) is 0.312. The van der Waals surface area contributed by atoms with Gasteiger partial charge in [0.1, 0.15) is 12.6 Å². The molecule has 2 saturated heterocycles. The Hall–Kier alpha value is -4.01. The Bertz CT molecular complexity index is 1700. The number of para-hydroxylation sites is 1. The molecule has 0 saturated carbocycles. The van der Waals surface area contributed by atoms with Crippen molar-refractivity contribution >= 4 is 34.3 Å². The number of hydrogen-bond donors (Lipinski definition) is 1. The Kier molecular flexibility index (Phi) is 5.76. The highest BCUT2D eigenvalue weighted by atomic mass is 35.5. The zero-order chi connectivity index (χ0) is 27.7. The molecule has 4 aromatic rings. The molecular formula is C32H29ClN4O4. The largest absolute Gasteiger partial charge is 0.454 e. The van der Waals surface area contributed by atoms with Crippen LogP contribution in [0.15, 0.2) is 66.7 Å². The van der Waals surface area contributed by atoms with Gasteiger partial charge in [0, 0.05) is 53.7 Å². The number of hydrogen-bond acceptors (Lipinski definition) is 5. The SMILES string of the molecule is O=C1[C@H]2Cc3c([nH]c4ccccc34)[C@@H](c3ccc4c(c3)OCO4)N2C(=O)CN1[C@H]1CCN(Cc2ccccc2Cl)C1. The van der Waals surface area contributed by atoms with Crippen molar-refractivity contribution in [2.24, 2.45) is 0 Å². The summed E-state index contributed by atoms with van der Waals surface area (Å²) in [4.78, 5) is 37.9. The maximum Gasteiger partial charge on any atom is 0.246 e. The lowest BCUT2D eigenvalue weighted by Gasteiger charge is -2.48. The van der Waals surface area contributed by atoms with Crippen molar-refractivity contribution in [2.45, 2.75) is 37.5 Å². The second-order valence-electron chi connectivity index (χ2n) is 11.3. The lowest BCUT2D eigenvalue weighted by molar-refractivity contribution is -0.160. The Morgan fingerprint density at radius 2 is 1.80 bits per heavy atom. The summed E-state index contributed by atoms with van der Waals surface area (Å²) in [7, 11) is 0. The van der Waals surface area contributed by atoms with E-state index in [-0.39, 0.29) is 31.2 Å². The first kappa shape index (κ1) is 24.8. The molecule has 2 amide bonds.